The summed E-state index contributed by atoms with van der Waals surface area (Å²) in [4.78, 5) is 8.17. The van der Waals surface area contributed by atoms with E-state index in [1.807, 2.05) is 0 Å². The van der Waals surface area contributed by atoms with Gasteiger partial charge in [-0.3, -0.25) is 0 Å². The highest BCUT2D eigenvalue weighted by Gasteiger charge is 2.98. The number of hydrogen-bond acceptors (Lipinski definition) is 6. The van der Waals surface area contributed by atoms with Gasteiger partial charge in [-0.1, -0.05) is 109 Å². The second kappa shape index (κ2) is 32.3. The Balaban J connectivity index is 0.000000477. The Hall–Kier alpha value is -7.24. The molecule has 6 aromatic carbocycles. The maximum atomic E-state index is 13.0. The number of benzene rings is 6. The molecular formula is C56H30F44O6S4. The predicted molar refractivity (Wildman–Crippen MR) is 286 cm³/mol. The van der Waals surface area contributed by atoms with E-state index in [4.69, 9.17) is 0 Å². The predicted octanol–water partition coefficient (Wildman–Crippen LogP) is 21.9. The molecule has 6 rings (SSSR count). The van der Waals surface area contributed by atoms with Gasteiger partial charge in [0.2, 0.25) is 0 Å². The van der Waals surface area contributed by atoms with E-state index in [9.17, 15) is 219 Å². The lowest BCUT2D eigenvalue weighted by Gasteiger charge is -2.42. The van der Waals surface area contributed by atoms with E-state index in [1.54, 1.807) is 0 Å². The molecule has 0 N–H and O–H groups in total. The third-order valence-corrected chi connectivity index (χ3v) is 19.2. The van der Waals surface area contributed by atoms with E-state index in [1.165, 1.54) is 29.4 Å². The minimum Gasteiger partial charge on any atom is -0.743 e. The van der Waals surface area contributed by atoms with Crippen molar-refractivity contribution in [3.8, 4) is 0 Å². The second-order valence-corrected chi connectivity index (χ2v) is 27.4. The van der Waals surface area contributed by atoms with E-state index in [0.29, 0.717) is 0 Å². The summed E-state index contributed by atoms with van der Waals surface area (Å²) in [5, 5.41) is -15.9. The summed E-state index contributed by atoms with van der Waals surface area (Å²) in [6, 6.07) is 64.3. The van der Waals surface area contributed by atoms with Crippen LogP contribution in [0.25, 0.3) is 0 Å². The summed E-state index contributed by atoms with van der Waals surface area (Å²) in [7, 11) is -16.3. The molecule has 0 saturated carbocycles. The minimum atomic E-state index is -8.92. The highest BCUT2D eigenvalue weighted by Crippen LogP contribution is 2.67. The van der Waals surface area contributed by atoms with E-state index in [0.717, 1.165) is 0 Å². The number of hydrogen-bond donors (Lipinski definition) is 0. The Labute approximate surface area is 589 Å². The van der Waals surface area contributed by atoms with Crippen LogP contribution in [0.4, 0.5) is 193 Å². The first-order valence-electron chi connectivity index (χ1n) is 26.7. The first-order chi connectivity index (χ1) is 48.6. The lowest BCUT2D eigenvalue weighted by atomic mass is 9.91. The van der Waals surface area contributed by atoms with Crippen molar-refractivity contribution in [3.63, 3.8) is 0 Å². The van der Waals surface area contributed by atoms with Gasteiger partial charge in [-0.2, -0.15) is 193 Å². The summed E-state index contributed by atoms with van der Waals surface area (Å²) >= 11 is 0. The molecule has 6 aromatic rings. The molecule has 0 radical (unpaired) electrons. The van der Waals surface area contributed by atoms with Crippen LogP contribution in [-0.4, -0.2) is 144 Å². The maximum absolute atomic E-state index is 13.0. The molecule has 0 saturated heterocycles. The van der Waals surface area contributed by atoms with Gasteiger partial charge in [0.15, 0.2) is 49.6 Å². The normalized spacial score (nSPS) is 14.6. The quantitative estimate of drug-likeness (QED) is 0.0403. The molecule has 0 fully saturated rings. The average Bonchev–Trinajstić information content (AvgIpc) is 0.695. The smallest absolute Gasteiger partial charge is 0.460 e. The molecule has 0 atom stereocenters. The van der Waals surface area contributed by atoms with Gasteiger partial charge in [0.05, 0.1) is 21.8 Å². The fourth-order valence-corrected chi connectivity index (χ4v) is 12.2. The number of halogens is 44. The van der Waals surface area contributed by atoms with Crippen LogP contribution >= 0.6 is 0 Å². The van der Waals surface area contributed by atoms with Crippen molar-refractivity contribution in [1.29, 1.82) is 0 Å². The molecule has 0 amide bonds. The van der Waals surface area contributed by atoms with Crippen LogP contribution in [-0.2, 0) is 42.0 Å². The highest BCUT2D eigenvalue weighted by molar-refractivity contribution is 7.97. The van der Waals surface area contributed by atoms with Crippen LogP contribution < -0.4 is 0 Å². The molecule has 0 bridgehead atoms. The van der Waals surface area contributed by atoms with Crippen molar-refractivity contribution < 1.29 is 219 Å². The Bertz CT molecular complexity index is 3710. The van der Waals surface area contributed by atoms with Gasteiger partial charge in [0, 0.05) is 0 Å². The fraction of sp³-hybridized carbons (Fsp3) is 0.357. The monoisotopic (exact) mass is 1760 g/mol. The van der Waals surface area contributed by atoms with Gasteiger partial charge in [-0.15, -0.1) is 0 Å². The third kappa shape index (κ3) is 18.0. The van der Waals surface area contributed by atoms with Gasteiger partial charge in [-0.25, -0.2) is 16.8 Å². The zero-order valence-electron chi connectivity index (χ0n) is 51.0. The Morgan fingerprint density at radius 2 is 0.273 bits per heavy atom. The van der Waals surface area contributed by atoms with Gasteiger partial charge in [0.1, 0.15) is 0 Å². The van der Waals surface area contributed by atoms with Crippen molar-refractivity contribution in [2.75, 3.05) is 0 Å². The van der Waals surface area contributed by atoms with Crippen molar-refractivity contribution >= 4 is 42.0 Å². The van der Waals surface area contributed by atoms with Crippen LogP contribution in [0.5, 0.6) is 0 Å². The highest BCUT2D eigenvalue weighted by atomic mass is 32.2. The van der Waals surface area contributed by atoms with Crippen LogP contribution in [0.3, 0.4) is 0 Å². The zero-order chi connectivity index (χ0) is 86.8. The third-order valence-electron chi connectivity index (χ3n) is 13.0. The molecule has 54 heteroatoms. The fourth-order valence-electron chi connectivity index (χ4n) is 7.12. The van der Waals surface area contributed by atoms with Crippen LogP contribution in [0.1, 0.15) is 0 Å². The molecule has 0 aliphatic carbocycles. The van der Waals surface area contributed by atoms with E-state index in [2.05, 4.69) is 182 Å². The maximum Gasteiger partial charge on any atom is 0.460 e. The van der Waals surface area contributed by atoms with Gasteiger partial charge in [0.25, 0.3) is 0 Å². The minimum absolute atomic E-state index is 0.0146. The number of alkyl halides is 44. The van der Waals surface area contributed by atoms with Crippen molar-refractivity contribution in [2.24, 2.45) is 0 Å². The lowest BCUT2D eigenvalue weighted by Crippen LogP contribution is -2.75. The molecule has 0 unspecified atom stereocenters. The van der Waals surface area contributed by atoms with E-state index < -0.39 is 138 Å². The molecule has 0 spiro atoms. The largest absolute Gasteiger partial charge is 0.743 e. The standard InChI is InChI=1S/2C18H15S.2C8HF17O3S.C4F10/c2*1-4-10-16(11-5-1)19(17-12-6-2-7-13-17)18-14-8-3-9-15-18;2*9-1(10,3(13,14)5(17,18)7(21,22)23)2(11,12)4(15,16)6(19,20)8(24,25)29(26,27)28;5-1(6,3(9,10)11)2(7,8)4(12,13)14/h2*1-15H;2*(H,26,27,28);/q2*+1;;;/p-2. The van der Waals surface area contributed by atoms with E-state index in [-0.39, 0.29) is 21.8 Å². The SMILES string of the molecule is FC(F)(F)C(F)(F)C(F)(F)C(F)(F)F.O=S(=O)([O-])C(F)(F)C(F)(F)C(F)(F)C(F)(F)C(F)(F)C(F)(F)C(F)(F)C(F)(F)F.O=S(=O)([O-])C(F)(F)C(F)(F)C(F)(F)C(F)(F)C(F)(F)C(F)(F)C(F)(F)C(F)(F)F.c1ccc([S+](c2ccccc2)c2ccccc2)cc1.c1ccc([S+](c2ccccc2)c2ccccc2)cc1. The Morgan fingerprint density at radius 1 is 0.173 bits per heavy atom. The van der Waals surface area contributed by atoms with Crippen molar-refractivity contribution in [2.45, 2.75) is 148 Å². The molecule has 0 aliphatic heterocycles. The molecule has 0 aromatic heterocycles. The lowest BCUT2D eigenvalue weighted by molar-refractivity contribution is -0.458. The molecule has 0 aliphatic rings. The molecular weight excluding hydrogens is 1730 g/mol. The van der Waals surface area contributed by atoms with Crippen LogP contribution in [0.15, 0.2) is 211 Å². The Morgan fingerprint density at radius 3 is 0.382 bits per heavy atom. The summed E-state index contributed by atoms with van der Waals surface area (Å²) in [6.45, 7) is 0. The summed E-state index contributed by atoms with van der Waals surface area (Å²) in [6.07, 6.45) is -29.7. The first-order valence-corrected chi connectivity index (χ1v) is 31.9. The first kappa shape index (κ1) is 98.8. The molecule has 622 valence electrons. The topological polar surface area (TPSA) is 114 Å². The second-order valence-electron chi connectivity index (χ2n) is 20.5. The summed E-state index contributed by atoms with van der Waals surface area (Å²) in [5.74, 6) is -119. The summed E-state index contributed by atoms with van der Waals surface area (Å²) < 4.78 is 601. The Kier molecular flexibility index (Phi) is 29.0. The zero-order valence-corrected chi connectivity index (χ0v) is 54.3. The van der Waals surface area contributed by atoms with Gasteiger partial charge >= 0.3 is 118 Å². The molecule has 6 nitrogen and oxygen atoms in total. The average molecular weight is 1760 g/mol. The van der Waals surface area contributed by atoms with E-state index >= 15 is 0 Å². The van der Waals surface area contributed by atoms with Crippen molar-refractivity contribution in [3.05, 3.63) is 182 Å². The van der Waals surface area contributed by atoms with Gasteiger partial charge in [-0.05, 0) is 72.8 Å². The molecule has 110 heavy (non-hydrogen) atoms. The van der Waals surface area contributed by atoms with Gasteiger partial charge < -0.3 is 9.11 Å². The van der Waals surface area contributed by atoms with Crippen LogP contribution in [0.2, 0.25) is 0 Å². The summed E-state index contributed by atoms with van der Waals surface area (Å²) in [5.41, 5.74) is 0. The number of rotatable bonds is 21. The molecule has 0 heterocycles. The van der Waals surface area contributed by atoms with Crippen molar-refractivity contribution in [1.82, 2.24) is 0 Å². The van der Waals surface area contributed by atoms with Crippen LogP contribution in [0, 0.1) is 0 Å².